The van der Waals surface area contributed by atoms with Crippen LogP contribution in [0.3, 0.4) is 0 Å². The highest BCUT2D eigenvalue weighted by Gasteiger charge is 2.41. The largest absolute Gasteiger partial charge is 0.480 e. The van der Waals surface area contributed by atoms with E-state index >= 15 is 0 Å². The molecule has 2 aliphatic rings. The first-order chi connectivity index (χ1) is 29.6. The van der Waals surface area contributed by atoms with Crippen LogP contribution in [0.15, 0.2) is 84.9 Å². The van der Waals surface area contributed by atoms with Crippen LogP contribution >= 0.6 is 46.4 Å². The second-order valence-electron chi connectivity index (χ2n) is 15.3. The van der Waals surface area contributed by atoms with Crippen LogP contribution in [0, 0.1) is 25.7 Å². The molecule has 4 aromatic rings. The van der Waals surface area contributed by atoms with Gasteiger partial charge in [-0.05, 0) is 72.2 Å². The summed E-state index contributed by atoms with van der Waals surface area (Å²) in [6.07, 6.45) is 0. The number of rotatable bonds is 11. The van der Waals surface area contributed by atoms with Crippen molar-refractivity contribution in [3.63, 3.8) is 0 Å². The Balaban J connectivity index is 0.000000286. The minimum atomic E-state index is -4.04. The summed E-state index contributed by atoms with van der Waals surface area (Å²) in [5.41, 5.74) is 9.28. The summed E-state index contributed by atoms with van der Waals surface area (Å²) in [4.78, 5) is 23.6. The van der Waals surface area contributed by atoms with Crippen LogP contribution < -0.4 is 19.7 Å². The average molecular weight is 1010 g/mol. The van der Waals surface area contributed by atoms with E-state index in [1.54, 1.807) is 55.5 Å². The molecule has 1 amide bonds. The van der Waals surface area contributed by atoms with Gasteiger partial charge >= 0.3 is 26.4 Å². The second-order valence-corrected chi connectivity index (χ2v) is 20.7. The number of carbonyl (C=O) groups excluding carboxylic acids is 1. The van der Waals surface area contributed by atoms with Crippen LogP contribution in [-0.2, 0) is 30.0 Å². The molecule has 0 saturated carbocycles. The van der Waals surface area contributed by atoms with Crippen molar-refractivity contribution in [3.05, 3.63) is 127 Å². The normalized spacial score (nSPS) is 19.1. The van der Waals surface area contributed by atoms with Crippen LogP contribution in [0.5, 0.6) is 0 Å². The predicted octanol–water partition coefficient (Wildman–Crippen LogP) is 6.86. The molecule has 4 aromatic carbocycles. The van der Waals surface area contributed by atoms with Gasteiger partial charge in [-0.15, -0.1) is 0 Å². The number of amides is 1. The van der Waals surface area contributed by atoms with Crippen molar-refractivity contribution in [2.24, 2.45) is 17.6 Å². The third kappa shape index (κ3) is 14.1. The third-order valence-corrected chi connectivity index (χ3v) is 14.6. The van der Waals surface area contributed by atoms with Gasteiger partial charge in [-0.1, -0.05) is 128 Å². The van der Waals surface area contributed by atoms with E-state index in [4.69, 9.17) is 62.4 Å². The Morgan fingerprint density at radius 3 is 1.41 bits per heavy atom. The van der Waals surface area contributed by atoms with Crippen molar-refractivity contribution in [3.8, 4) is 0 Å². The van der Waals surface area contributed by atoms with Crippen molar-refractivity contribution in [2.75, 3.05) is 61.1 Å². The van der Waals surface area contributed by atoms with Crippen LogP contribution in [0.2, 0.25) is 20.1 Å². The van der Waals surface area contributed by atoms with E-state index in [2.05, 4.69) is 5.32 Å². The van der Waals surface area contributed by atoms with Gasteiger partial charge < -0.3 is 26.4 Å². The molecule has 0 bridgehead atoms. The number of nitrogens with one attached hydrogen (secondary N) is 1. The lowest BCUT2D eigenvalue weighted by Crippen LogP contribution is -2.56. The lowest BCUT2D eigenvalue weighted by atomic mass is 10.1. The number of aliphatic hydroxyl groups excluding tert-OH is 2. The number of carboxylic acid groups (broad SMARTS) is 1. The van der Waals surface area contributed by atoms with E-state index in [-0.39, 0.29) is 103 Å². The third-order valence-electron chi connectivity index (χ3n) is 9.79. The summed E-state index contributed by atoms with van der Waals surface area (Å²) in [5, 5.41) is 30.9. The van der Waals surface area contributed by atoms with Crippen LogP contribution in [0.4, 0.5) is 11.4 Å². The van der Waals surface area contributed by atoms with Crippen molar-refractivity contribution in [2.45, 2.75) is 47.2 Å². The zero-order valence-electron chi connectivity index (χ0n) is 35.0. The van der Waals surface area contributed by atoms with E-state index in [9.17, 15) is 31.5 Å². The van der Waals surface area contributed by atoms with Gasteiger partial charge in [0.15, 0.2) is 0 Å². The number of aryl methyl sites for hydroxylation is 2. The van der Waals surface area contributed by atoms with Crippen molar-refractivity contribution in [1.82, 2.24) is 13.9 Å². The number of nitrogens with zero attached hydrogens (tertiary/aromatic N) is 4. The van der Waals surface area contributed by atoms with Gasteiger partial charge in [-0.3, -0.25) is 18.2 Å². The molecule has 2 fully saturated rings. The van der Waals surface area contributed by atoms with E-state index in [1.807, 2.05) is 57.2 Å². The number of anilines is 2. The number of carbonyl (C=O) groups is 2. The highest BCUT2D eigenvalue weighted by Crippen LogP contribution is 2.40. The number of aliphatic carboxylic acids is 1. The van der Waals surface area contributed by atoms with Crippen LogP contribution in [0.1, 0.15) is 55.6 Å². The minimum absolute atomic E-state index is 0. The molecule has 6 N–H and O–H groups in total. The Morgan fingerprint density at radius 1 is 0.672 bits per heavy atom. The maximum atomic E-state index is 13.3. The molecule has 4 atom stereocenters. The molecule has 0 aliphatic carbocycles. The molecule has 2 heterocycles. The van der Waals surface area contributed by atoms with Crippen molar-refractivity contribution in [1.29, 1.82) is 0 Å². The van der Waals surface area contributed by atoms with Gasteiger partial charge in [0.25, 0.3) is 0 Å². The van der Waals surface area contributed by atoms with Gasteiger partial charge in [0, 0.05) is 26.2 Å². The van der Waals surface area contributed by atoms with E-state index in [0.29, 0.717) is 0 Å². The maximum Gasteiger partial charge on any atom is 0.318 e. The van der Waals surface area contributed by atoms with E-state index < -0.39 is 44.9 Å². The SMILES string of the molecule is C.Cc1cc(Cl)c(N2CC(C)CN(CC(=O)O)S2(=O)=O)c(Cl)c1.Cc1cc(Cl)c(N2C[C@H](C)CN(CC(=O)N[C@H](CO)c3ccccc3)S2(=O)=O)c(Cl)c1.N[C@H](CO)c1ccccc1. The van der Waals surface area contributed by atoms with Crippen molar-refractivity contribution < 1.29 is 41.7 Å². The fraction of sp³-hybridized carbons (Fsp3) is 0.395. The minimum Gasteiger partial charge on any atom is -0.480 e. The van der Waals surface area contributed by atoms with Crippen molar-refractivity contribution >= 4 is 90.1 Å². The number of halogens is 4. The first-order valence-electron chi connectivity index (χ1n) is 19.7. The maximum absolute atomic E-state index is 13.3. The molecule has 1 unspecified atom stereocenters. The predicted molar refractivity (Wildman–Crippen MR) is 256 cm³/mol. The Morgan fingerprint density at radius 2 is 1.05 bits per heavy atom. The highest BCUT2D eigenvalue weighted by molar-refractivity contribution is 7.90. The Labute approximate surface area is 396 Å². The lowest BCUT2D eigenvalue weighted by Gasteiger charge is -2.39. The number of benzene rings is 4. The lowest BCUT2D eigenvalue weighted by molar-refractivity contribution is -0.137. The summed E-state index contributed by atoms with van der Waals surface area (Å²) in [5.74, 6) is -1.84. The molecule has 2 saturated heterocycles. The zero-order chi connectivity index (χ0) is 46.8. The fourth-order valence-electron chi connectivity index (χ4n) is 6.88. The van der Waals surface area contributed by atoms with Gasteiger partial charge in [-0.2, -0.15) is 25.4 Å². The summed E-state index contributed by atoms with van der Waals surface area (Å²) in [7, 11) is -8.02. The average Bonchev–Trinajstić information content (AvgIpc) is 3.20. The van der Waals surface area contributed by atoms with Gasteiger partial charge in [0.2, 0.25) is 5.91 Å². The topological polar surface area (TPSA) is 214 Å². The number of aliphatic hydroxyl groups is 2. The number of nitrogens with two attached hydrogens (primary N) is 1. The molecular formula is C43H56Cl4N6O9S2. The summed E-state index contributed by atoms with van der Waals surface area (Å²) in [6.45, 7) is 6.79. The molecule has 64 heavy (non-hydrogen) atoms. The molecule has 352 valence electrons. The Kier molecular flexibility index (Phi) is 20.6. The zero-order valence-corrected chi connectivity index (χ0v) is 39.7. The molecule has 6 rings (SSSR count). The molecule has 2 aliphatic heterocycles. The molecule has 0 aromatic heterocycles. The van der Waals surface area contributed by atoms with Gasteiger partial charge in [0.1, 0.15) is 6.54 Å². The van der Waals surface area contributed by atoms with E-state index in [1.165, 1.54) is 4.31 Å². The van der Waals surface area contributed by atoms with Crippen LogP contribution in [-0.4, -0.2) is 105 Å². The summed E-state index contributed by atoms with van der Waals surface area (Å²) in [6, 6.07) is 24.2. The highest BCUT2D eigenvalue weighted by atomic mass is 35.5. The molecule has 0 radical (unpaired) electrons. The first-order valence-corrected chi connectivity index (χ1v) is 24.0. The number of hydrogen-bond donors (Lipinski definition) is 5. The first kappa shape index (κ1) is 54.6. The van der Waals surface area contributed by atoms with Crippen LogP contribution in [0.25, 0.3) is 0 Å². The molecule has 21 heteroatoms. The standard InChI is InChI=1S/C21H25Cl2N3O4S.C13H16Cl2N2O4S.C8H11NO.CH4/c1-14-8-17(22)21(18(23)9-14)26-11-15(2)10-25(31(26,29)30)12-20(28)24-19(13-27)16-6-4-3-5-7-16;1-8-3-10(14)13(11(15)4-8)17-6-9(2)5-16(7-12(18)19)22(17,20)21;9-8(6-10)7-4-2-1-3-5-7;/h3-9,15,19,27H,10-13H2,1-2H3,(H,24,28);3-4,9H,5-7H2,1-2H3,(H,18,19);1-5,8,10H,6,9H2;1H4/t15-,19-;;8-;/m1.1./s1. The summed E-state index contributed by atoms with van der Waals surface area (Å²) < 4.78 is 56.2. The second kappa shape index (κ2) is 24.2. The quantitative estimate of drug-likeness (QED) is 0.105. The Hall–Kier alpha value is -3.72. The van der Waals surface area contributed by atoms with E-state index in [0.717, 1.165) is 35.2 Å². The fourth-order valence-corrected chi connectivity index (χ4v) is 12.4. The number of carboxylic acids is 1. The summed E-state index contributed by atoms with van der Waals surface area (Å²) >= 11 is 25.0. The van der Waals surface area contributed by atoms with Gasteiger partial charge in [0.05, 0.1) is 63.3 Å². The van der Waals surface area contributed by atoms with Gasteiger partial charge in [-0.25, -0.2) is 0 Å². The molecular weight excluding hydrogens is 950 g/mol. The number of hydrogen-bond acceptors (Lipinski definition) is 9. The smallest absolute Gasteiger partial charge is 0.318 e. The molecule has 0 spiro atoms. The monoisotopic (exact) mass is 1000 g/mol. The Bertz CT molecular complexity index is 2380. The molecule has 15 nitrogen and oxygen atoms in total.